The predicted molar refractivity (Wildman–Crippen MR) is 175 cm³/mol. The first-order valence-electron chi connectivity index (χ1n) is 16.0. The molecule has 7 heteroatoms. The quantitative estimate of drug-likeness (QED) is 0.296. The summed E-state index contributed by atoms with van der Waals surface area (Å²) >= 11 is 0. The molecule has 3 heterocycles. The van der Waals surface area contributed by atoms with E-state index in [0.29, 0.717) is 42.1 Å². The topological polar surface area (TPSA) is 61.9 Å². The van der Waals surface area contributed by atoms with Crippen LogP contribution in [0.2, 0.25) is 0 Å². The average molecular weight is 602 g/mol. The van der Waals surface area contributed by atoms with Crippen LogP contribution >= 0.6 is 0 Å². The maximum Gasteiger partial charge on any atom is 0.237 e. The zero-order valence-electron chi connectivity index (χ0n) is 26.0. The molecule has 4 aliphatic rings. The molecule has 1 N–H and O–H groups in total. The summed E-state index contributed by atoms with van der Waals surface area (Å²) in [5, 5.41) is 3.61. The Morgan fingerprint density at radius 2 is 1.49 bits per heavy atom. The minimum absolute atomic E-state index is 0.251. The van der Waals surface area contributed by atoms with E-state index in [-0.39, 0.29) is 5.92 Å². The second-order valence-corrected chi connectivity index (χ2v) is 15.6. The van der Waals surface area contributed by atoms with Crippen LogP contribution in [0.1, 0.15) is 62.1 Å². The zero-order chi connectivity index (χ0) is 30.1. The van der Waals surface area contributed by atoms with E-state index in [4.69, 9.17) is 4.74 Å². The number of rotatable bonds is 10. The number of fused-ring (bicyclic) bond motifs is 1. The molecule has 0 amide bonds. The molecule has 3 aromatic carbocycles. The minimum Gasteiger partial charge on any atom is -0.496 e. The van der Waals surface area contributed by atoms with E-state index in [1.54, 1.807) is 28.0 Å². The molecule has 0 radical (unpaired) electrons. The van der Waals surface area contributed by atoms with Crippen LogP contribution in [0.4, 0.5) is 5.69 Å². The minimum atomic E-state index is -3.44. The summed E-state index contributed by atoms with van der Waals surface area (Å²) in [6.07, 6.45) is 5.27. The molecule has 3 aromatic rings. The van der Waals surface area contributed by atoms with E-state index in [9.17, 15) is 8.42 Å². The number of hydrogen-bond acceptors (Lipinski definition) is 5. The van der Waals surface area contributed by atoms with Gasteiger partial charge in [-0.05, 0) is 73.8 Å². The summed E-state index contributed by atoms with van der Waals surface area (Å²) in [7, 11) is -0.0993. The van der Waals surface area contributed by atoms with Crippen molar-refractivity contribution in [2.45, 2.75) is 69.3 Å². The number of ether oxygens (including phenoxy) is 1. The van der Waals surface area contributed by atoms with Crippen LogP contribution in [0.5, 0.6) is 5.75 Å². The maximum atomic E-state index is 13.0. The predicted octanol–water partition coefficient (Wildman–Crippen LogP) is 6.28. The van der Waals surface area contributed by atoms with Crippen LogP contribution < -0.4 is 14.4 Å². The fraction of sp³-hybridized carbons (Fsp3) is 0.500. The monoisotopic (exact) mass is 601 g/mol. The van der Waals surface area contributed by atoms with E-state index >= 15 is 0 Å². The van der Waals surface area contributed by atoms with Crippen molar-refractivity contribution in [3.8, 4) is 5.75 Å². The smallest absolute Gasteiger partial charge is 0.237 e. The van der Waals surface area contributed by atoms with Crippen LogP contribution in [-0.2, 0) is 16.6 Å². The Balaban J connectivity index is 1.38. The van der Waals surface area contributed by atoms with Crippen LogP contribution in [0.25, 0.3) is 0 Å². The number of nitrogens with one attached hydrogen (secondary N) is 1. The van der Waals surface area contributed by atoms with Gasteiger partial charge in [-0.25, -0.2) is 8.42 Å². The van der Waals surface area contributed by atoms with Crippen molar-refractivity contribution in [3.05, 3.63) is 95.6 Å². The SMILES string of the molecule is COc1ccc(N(C)S(=O)(=O)C(C)C)cc1CNC1C2C3CCCCC2CN(C3)C1C(c1ccccc1)c1ccccc1. The van der Waals surface area contributed by atoms with Gasteiger partial charge >= 0.3 is 0 Å². The summed E-state index contributed by atoms with van der Waals surface area (Å²) in [5.74, 6) is 3.06. The van der Waals surface area contributed by atoms with Crippen LogP contribution in [0.3, 0.4) is 0 Å². The molecule has 0 aromatic heterocycles. The highest BCUT2D eigenvalue weighted by atomic mass is 32.2. The number of nitrogens with zero attached hydrogens (tertiary/aromatic N) is 2. The van der Waals surface area contributed by atoms with E-state index in [2.05, 4.69) is 70.9 Å². The molecular weight excluding hydrogens is 554 g/mol. The number of piperidine rings is 3. The first-order chi connectivity index (χ1) is 20.8. The van der Waals surface area contributed by atoms with Gasteiger partial charge < -0.3 is 10.1 Å². The number of hydrogen-bond donors (Lipinski definition) is 1. The van der Waals surface area contributed by atoms with Gasteiger partial charge in [0.25, 0.3) is 0 Å². The van der Waals surface area contributed by atoms with Gasteiger partial charge in [0.15, 0.2) is 0 Å². The van der Waals surface area contributed by atoms with Crippen LogP contribution in [0.15, 0.2) is 78.9 Å². The Morgan fingerprint density at radius 1 is 0.907 bits per heavy atom. The van der Waals surface area contributed by atoms with Crippen molar-refractivity contribution in [1.29, 1.82) is 0 Å². The molecule has 230 valence electrons. The van der Waals surface area contributed by atoms with Gasteiger partial charge in [0.1, 0.15) is 5.75 Å². The highest BCUT2D eigenvalue weighted by Crippen LogP contribution is 2.50. The molecule has 7 rings (SSSR count). The molecule has 3 aliphatic heterocycles. The molecule has 6 nitrogen and oxygen atoms in total. The molecule has 0 spiro atoms. The standard InChI is InChI=1S/C36H47N3O3S/c1-25(2)43(40,41)38(3)31-19-20-32(42-4)30(21-31)22-37-35-33-28-17-11-12-18-29(33)24-39(23-28)36(35)34(26-13-7-5-8-14-26)27-15-9-6-10-16-27/h5-10,13-16,19-21,25,28-29,33-37H,11-12,17-18,22-24H2,1-4H3. The fourth-order valence-electron chi connectivity index (χ4n) is 8.34. The summed E-state index contributed by atoms with van der Waals surface area (Å²) < 4.78 is 33.2. The van der Waals surface area contributed by atoms with E-state index < -0.39 is 15.3 Å². The average Bonchev–Trinajstić information content (AvgIpc) is 3.17. The summed E-state index contributed by atoms with van der Waals surface area (Å²) in [5.41, 5.74) is 4.37. The van der Waals surface area contributed by atoms with Gasteiger partial charge in [-0.1, -0.05) is 73.5 Å². The lowest BCUT2D eigenvalue weighted by atomic mass is 9.62. The summed E-state index contributed by atoms with van der Waals surface area (Å²) in [4.78, 5) is 2.82. The Kier molecular flexibility index (Phi) is 8.86. The van der Waals surface area contributed by atoms with E-state index in [1.807, 2.05) is 18.2 Å². The van der Waals surface area contributed by atoms with Gasteiger partial charge in [0, 0.05) is 50.2 Å². The molecule has 43 heavy (non-hydrogen) atoms. The number of sulfonamides is 1. The fourth-order valence-corrected chi connectivity index (χ4v) is 9.38. The van der Waals surface area contributed by atoms with Crippen molar-refractivity contribution in [2.24, 2.45) is 17.8 Å². The number of anilines is 1. The highest BCUT2D eigenvalue weighted by molar-refractivity contribution is 7.93. The molecule has 1 saturated carbocycles. The molecule has 4 bridgehead atoms. The first-order valence-corrected chi connectivity index (χ1v) is 17.5. The lowest BCUT2D eigenvalue weighted by Crippen LogP contribution is -2.70. The van der Waals surface area contributed by atoms with Gasteiger partial charge in [0.05, 0.1) is 18.0 Å². The lowest BCUT2D eigenvalue weighted by Gasteiger charge is -2.60. The third kappa shape index (κ3) is 5.84. The number of benzene rings is 3. The Morgan fingerprint density at radius 3 is 2.02 bits per heavy atom. The van der Waals surface area contributed by atoms with Crippen LogP contribution in [-0.4, -0.2) is 57.9 Å². The van der Waals surface area contributed by atoms with Gasteiger partial charge in [-0.15, -0.1) is 0 Å². The summed E-state index contributed by atoms with van der Waals surface area (Å²) in [6.45, 7) is 6.42. The Labute approximate surface area is 258 Å². The second-order valence-electron chi connectivity index (χ2n) is 13.1. The van der Waals surface area contributed by atoms with Crippen molar-refractivity contribution < 1.29 is 13.2 Å². The van der Waals surface area contributed by atoms with E-state index in [0.717, 1.165) is 11.3 Å². The van der Waals surface area contributed by atoms with Crippen molar-refractivity contribution >= 4 is 15.7 Å². The molecule has 4 unspecified atom stereocenters. The van der Waals surface area contributed by atoms with Gasteiger partial charge in [-0.2, -0.15) is 0 Å². The second kappa shape index (κ2) is 12.6. The van der Waals surface area contributed by atoms with Crippen LogP contribution in [0, 0.1) is 17.8 Å². The Hall–Kier alpha value is -2.87. The van der Waals surface area contributed by atoms with E-state index in [1.165, 1.54) is 54.2 Å². The normalized spacial score (nSPS) is 26.8. The number of methoxy groups -OCH3 is 1. The molecular formula is C36H47N3O3S. The lowest BCUT2D eigenvalue weighted by molar-refractivity contribution is -0.0743. The molecule has 4 atom stereocenters. The molecule has 1 aliphatic carbocycles. The van der Waals surface area contributed by atoms with Gasteiger partial charge in [0.2, 0.25) is 10.0 Å². The largest absolute Gasteiger partial charge is 0.496 e. The van der Waals surface area contributed by atoms with Gasteiger partial charge in [-0.3, -0.25) is 9.21 Å². The van der Waals surface area contributed by atoms with Crippen molar-refractivity contribution in [2.75, 3.05) is 31.6 Å². The molecule has 4 fully saturated rings. The van der Waals surface area contributed by atoms with Crippen molar-refractivity contribution in [3.63, 3.8) is 0 Å². The van der Waals surface area contributed by atoms with Crippen molar-refractivity contribution in [1.82, 2.24) is 10.2 Å². The third-order valence-electron chi connectivity index (χ3n) is 10.4. The first kappa shape index (κ1) is 30.2. The third-order valence-corrected chi connectivity index (χ3v) is 12.6. The summed E-state index contributed by atoms with van der Waals surface area (Å²) in [6, 6.07) is 28.4. The molecule has 3 saturated heterocycles. The zero-order valence-corrected chi connectivity index (χ0v) is 26.8. The Bertz CT molecular complexity index is 1420. The highest BCUT2D eigenvalue weighted by Gasteiger charge is 2.54. The maximum absolute atomic E-state index is 13.0.